The van der Waals surface area contributed by atoms with Crippen molar-refractivity contribution in [2.45, 2.75) is 12.8 Å². The van der Waals surface area contributed by atoms with Crippen molar-refractivity contribution in [1.29, 1.82) is 0 Å². The first-order valence-electron chi connectivity index (χ1n) is 3.31. The maximum absolute atomic E-state index is 10.1. The summed E-state index contributed by atoms with van der Waals surface area (Å²) in [6, 6.07) is 0. The molecule has 0 radical (unpaired) electrons. The zero-order chi connectivity index (χ0) is 8.91. The Kier molecular flexibility index (Phi) is 4.10. The summed E-state index contributed by atoms with van der Waals surface area (Å²) in [6.07, 6.45) is 4.08. The van der Waals surface area contributed by atoms with Crippen molar-refractivity contribution < 1.29 is 13.2 Å². The molecular weight excluding hydrogens is 166 g/mol. The number of carbonyl (C=O) groups is 1. The number of rotatable bonds is 0. The van der Waals surface area contributed by atoms with Gasteiger partial charge in [0, 0.05) is 25.5 Å². The molecule has 0 aromatic carbocycles. The molecule has 0 bridgehead atoms. The van der Waals surface area contributed by atoms with E-state index in [4.69, 9.17) is 0 Å². The van der Waals surface area contributed by atoms with Crippen LogP contribution in [-0.4, -0.2) is 33.4 Å². The molecule has 1 aliphatic rings. The van der Waals surface area contributed by atoms with E-state index in [2.05, 4.69) is 5.32 Å². The standard InChI is InChI=1S/C4H7NO.C2H6O2S/c6-4-2-1-3-5-4;1-5(2,3)4/h1-3H2,(H,5,6);1-2H3. The summed E-state index contributed by atoms with van der Waals surface area (Å²) in [5.41, 5.74) is 0. The zero-order valence-electron chi connectivity index (χ0n) is 6.75. The molecule has 1 amide bonds. The number of hydrogen-bond donors (Lipinski definition) is 1. The molecule has 0 atom stereocenters. The molecule has 1 heterocycles. The molecule has 1 N–H and O–H groups in total. The maximum Gasteiger partial charge on any atom is 0.220 e. The Hall–Kier alpha value is -0.580. The van der Waals surface area contributed by atoms with Crippen LogP contribution in [-0.2, 0) is 14.6 Å². The summed E-state index contributed by atoms with van der Waals surface area (Å²) in [5, 5.41) is 2.68. The highest BCUT2D eigenvalue weighted by molar-refractivity contribution is 7.89. The zero-order valence-corrected chi connectivity index (χ0v) is 7.57. The van der Waals surface area contributed by atoms with Gasteiger partial charge in [0.1, 0.15) is 9.84 Å². The molecular formula is C6H13NO3S. The molecule has 0 unspecified atom stereocenters. The molecule has 0 aromatic rings. The molecule has 1 fully saturated rings. The monoisotopic (exact) mass is 179 g/mol. The van der Waals surface area contributed by atoms with Crippen LogP contribution in [0.5, 0.6) is 0 Å². The number of amides is 1. The summed E-state index contributed by atoms with van der Waals surface area (Å²) >= 11 is 0. The van der Waals surface area contributed by atoms with Crippen LogP contribution in [0.25, 0.3) is 0 Å². The van der Waals surface area contributed by atoms with Gasteiger partial charge in [-0.15, -0.1) is 0 Å². The van der Waals surface area contributed by atoms with Gasteiger partial charge < -0.3 is 5.32 Å². The first kappa shape index (κ1) is 10.4. The van der Waals surface area contributed by atoms with E-state index in [-0.39, 0.29) is 5.91 Å². The van der Waals surface area contributed by atoms with Crippen molar-refractivity contribution in [3.05, 3.63) is 0 Å². The molecule has 1 aliphatic heterocycles. The highest BCUT2D eigenvalue weighted by atomic mass is 32.2. The SMILES string of the molecule is CS(C)(=O)=O.O=C1CCCN1. The van der Waals surface area contributed by atoms with Gasteiger partial charge in [0.25, 0.3) is 0 Å². The lowest BCUT2D eigenvalue weighted by Crippen LogP contribution is -2.12. The summed E-state index contributed by atoms with van der Waals surface area (Å²) < 4.78 is 19.3. The minimum atomic E-state index is -2.67. The van der Waals surface area contributed by atoms with Crippen molar-refractivity contribution >= 4 is 15.7 Å². The van der Waals surface area contributed by atoms with Crippen molar-refractivity contribution in [2.75, 3.05) is 19.1 Å². The van der Waals surface area contributed by atoms with Crippen molar-refractivity contribution in [3.63, 3.8) is 0 Å². The summed E-state index contributed by atoms with van der Waals surface area (Å²) in [6.45, 7) is 0.888. The first-order valence-corrected chi connectivity index (χ1v) is 5.61. The van der Waals surface area contributed by atoms with Crippen LogP contribution >= 0.6 is 0 Å². The smallest absolute Gasteiger partial charge is 0.220 e. The van der Waals surface area contributed by atoms with Crippen molar-refractivity contribution in [2.24, 2.45) is 0 Å². The predicted molar refractivity (Wildman–Crippen MR) is 43.0 cm³/mol. The van der Waals surface area contributed by atoms with E-state index in [1.54, 1.807) is 0 Å². The number of carbonyl (C=O) groups excluding carboxylic acids is 1. The van der Waals surface area contributed by atoms with E-state index in [1.165, 1.54) is 0 Å². The number of sulfone groups is 1. The van der Waals surface area contributed by atoms with Crippen LogP contribution in [0.3, 0.4) is 0 Å². The van der Waals surface area contributed by atoms with E-state index in [1.807, 2.05) is 0 Å². The van der Waals surface area contributed by atoms with Crippen LogP contribution in [0.4, 0.5) is 0 Å². The molecule has 0 saturated carbocycles. The molecule has 66 valence electrons. The van der Waals surface area contributed by atoms with Gasteiger partial charge in [-0.1, -0.05) is 0 Å². The van der Waals surface area contributed by atoms with E-state index < -0.39 is 9.84 Å². The average Bonchev–Trinajstić information content (AvgIpc) is 2.12. The summed E-state index contributed by atoms with van der Waals surface area (Å²) in [5.74, 6) is 0.204. The minimum Gasteiger partial charge on any atom is -0.356 e. The normalized spacial score (nSPS) is 16.7. The molecule has 5 heteroatoms. The molecule has 1 saturated heterocycles. The van der Waals surface area contributed by atoms with E-state index >= 15 is 0 Å². The lowest BCUT2D eigenvalue weighted by molar-refractivity contribution is -0.119. The lowest BCUT2D eigenvalue weighted by Gasteiger charge is -1.80. The van der Waals surface area contributed by atoms with E-state index in [0.29, 0.717) is 0 Å². The molecule has 1 rings (SSSR count). The highest BCUT2D eigenvalue weighted by Gasteiger charge is 2.05. The van der Waals surface area contributed by atoms with Crippen LogP contribution in [0.2, 0.25) is 0 Å². The van der Waals surface area contributed by atoms with Crippen molar-refractivity contribution in [1.82, 2.24) is 5.32 Å². The molecule has 0 aromatic heterocycles. The molecule has 11 heavy (non-hydrogen) atoms. The Morgan fingerprint density at radius 2 is 1.82 bits per heavy atom. The van der Waals surface area contributed by atoms with Crippen LogP contribution in [0.1, 0.15) is 12.8 Å². The summed E-state index contributed by atoms with van der Waals surface area (Å²) in [7, 11) is -2.67. The largest absolute Gasteiger partial charge is 0.356 e. The van der Waals surface area contributed by atoms with Gasteiger partial charge >= 0.3 is 0 Å². The maximum atomic E-state index is 10.1. The Labute approximate surface area is 66.9 Å². The molecule has 4 nitrogen and oxygen atoms in total. The van der Waals surface area contributed by atoms with Gasteiger partial charge in [0.2, 0.25) is 5.91 Å². The Morgan fingerprint density at radius 1 is 1.36 bits per heavy atom. The quantitative estimate of drug-likeness (QED) is 0.548. The van der Waals surface area contributed by atoms with Gasteiger partial charge in [-0.3, -0.25) is 4.79 Å². The second kappa shape index (κ2) is 4.33. The molecule has 0 aliphatic carbocycles. The van der Waals surface area contributed by atoms with Crippen LogP contribution in [0.15, 0.2) is 0 Å². The molecule has 0 spiro atoms. The predicted octanol–water partition coefficient (Wildman–Crippen LogP) is -0.443. The van der Waals surface area contributed by atoms with Gasteiger partial charge in [-0.25, -0.2) is 8.42 Å². The first-order chi connectivity index (χ1) is 4.89. The van der Waals surface area contributed by atoms with Crippen molar-refractivity contribution in [3.8, 4) is 0 Å². The van der Waals surface area contributed by atoms with Gasteiger partial charge in [-0.2, -0.15) is 0 Å². The Bertz CT molecular complexity index is 204. The third kappa shape index (κ3) is 12.6. The third-order valence-electron chi connectivity index (χ3n) is 0.903. The fourth-order valence-electron chi connectivity index (χ4n) is 0.565. The van der Waals surface area contributed by atoms with Gasteiger partial charge in [0.05, 0.1) is 0 Å². The van der Waals surface area contributed by atoms with E-state index in [9.17, 15) is 13.2 Å². The van der Waals surface area contributed by atoms with Crippen LogP contribution < -0.4 is 5.32 Å². The summed E-state index contributed by atoms with van der Waals surface area (Å²) in [4.78, 5) is 10.1. The Balaban J connectivity index is 0.000000187. The van der Waals surface area contributed by atoms with E-state index in [0.717, 1.165) is 31.9 Å². The second-order valence-corrected chi connectivity index (χ2v) is 4.88. The average molecular weight is 179 g/mol. The number of nitrogens with one attached hydrogen (secondary N) is 1. The van der Waals surface area contributed by atoms with Gasteiger partial charge in [-0.05, 0) is 6.42 Å². The lowest BCUT2D eigenvalue weighted by atomic mass is 10.4. The van der Waals surface area contributed by atoms with Crippen LogP contribution in [0, 0.1) is 0 Å². The highest BCUT2D eigenvalue weighted by Crippen LogP contribution is 1.93. The third-order valence-corrected chi connectivity index (χ3v) is 0.903. The second-order valence-electron chi connectivity index (χ2n) is 2.60. The minimum absolute atomic E-state index is 0.204. The topological polar surface area (TPSA) is 63.2 Å². The fraction of sp³-hybridized carbons (Fsp3) is 0.833. The Morgan fingerprint density at radius 3 is 1.91 bits per heavy atom. The number of hydrogen-bond acceptors (Lipinski definition) is 3. The fourth-order valence-corrected chi connectivity index (χ4v) is 0.565. The van der Waals surface area contributed by atoms with Gasteiger partial charge in [0.15, 0.2) is 0 Å².